The third kappa shape index (κ3) is 3.19. The van der Waals surface area contributed by atoms with E-state index in [0.29, 0.717) is 21.9 Å². The van der Waals surface area contributed by atoms with Gasteiger partial charge in [-0.3, -0.25) is 0 Å². The molecule has 0 saturated carbocycles. The standard InChI is InChI=1S/C17H13F3O2/c1-3-11-9-12-7-5-6-8-14(12)15(13(11)4-2)16(21)22-10-17(18,19)20/h3-9H,1-2,10H2. The number of esters is 1. The molecule has 0 amide bonds. The molecular formula is C17H13F3O2. The molecule has 0 aromatic heterocycles. The van der Waals surface area contributed by atoms with E-state index < -0.39 is 18.8 Å². The van der Waals surface area contributed by atoms with Crippen LogP contribution in [0.4, 0.5) is 13.2 Å². The Morgan fingerprint density at radius 1 is 1.18 bits per heavy atom. The molecule has 2 aromatic carbocycles. The number of halogens is 3. The Morgan fingerprint density at radius 2 is 1.86 bits per heavy atom. The van der Waals surface area contributed by atoms with Gasteiger partial charge in [0.2, 0.25) is 0 Å². The van der Waals surface area contributed by atoms with Crippen molar-refractivity contribution in [1.29, 1.82) is 0 Å². The van der Waals surface area contributed by atoms with Gasteiger partial charge in [0.1, 0.15) is 0 Å². The van der Waals surface area contributed by atoms with Crippen molar-refractivity contribution in [2.75, 3.05) is 6.61 Å². The van der Waals surface area contributed by atoms with Crippen molar-refractivity contribution in [3.05, 3.63) is 60.2 Å². The van der Waals surface area contributed by atoms with Crippen molar-refractivity contribution in [1.82, 2.24) is 0 Å². The summed E-state index contributed by atoms with van der Waals surface area (Å²) < 4.78 is 41.2. The molecule has 22 heavy (non-hydrogen) atoms. The highest BCUT2D eigenvalue weighted by molar-refractivity contribution is 6.09. The largest absolute Gasteiger partial charge is 0.452 e. The summed E-state index contributed by atoms with van der Waals surface area (Å²) in [6.45, 7) is 5.64. The van der Waals surface area contributed by atoms with Gasteiger partial charge in [-0.05, 0) is 28.0 Å². The van der Waals surface area contributed by atoms with Crippen LogP contribution >= 0.6 is 0 Å². The van der Waals surface area contributed by atoms with E-state index in [4.69, 9.17) is 0 Å². The molecule has 0 heterocycles. The summed E-state index contributed by atoms with van der Waals surface area (Å²) in [5.41, 5.74) is 1.07. The molecule has 0 bridgehead atoms. The molecule has 5 heteroatoms. The second kappa shape index (κ2) is 6.05. The van der Waals surface area contributed by atoms with Crippen molar-refractivity contribution < 1.29 is 22.7 Å². The van der Waals surface area contributed by atoms with Gasteiger partial charge in [0.05, 0.1) is 5.56 Å². The van der Waals surface area contributed by atoms with E-state index in [1.54, 1.807) is 30.3 Å². The Morgan fingerprint density at radius 3 is 2.45 bits per heavy atom. The van der Waals surface area contributed by atoms with E-state index >= 15 is 0 Å². The molecule has 0 fully saturated rings. The molecule has 114 valence electrons. The number of fused-ring (bicyclic) bond motifs is 1. The summed E-state index contributed by atoms with van der Waals surface area (Å²) in [5, 5.41) is 1.22. The summed E-state index contributed by atoms with van der Waals surface area (Å²) in [7, 11) is 0. The highest BCUT2D eigenvalue weighted by Crippen LogP contribution is 2.29. The summed E-state index contributed by atoms with van der Waals surface area (Å²) in [4.78, 5) is 12.1. The first kappa shape index (κ1) is 15.8. The van der Waals surface area contributed by atoms with Crippen molar-refractivity contribution in [3.8, 4) is 0 Å². The van der Waals surface area contributed by atoms with Gasteiger partial charge >= 0.3 is 12.1 Å². The SMILES string of the molecule is C=Cc1cc2ccccc2c(C(=O)OCC(F)(F)F)c1C=C. The minimum Gasteiger partial charge on any atom is -0.452 e. The zero-order chi connectivity index (χ0) is 16.3. The number of benzene rings is 2. The van der Waals surface area contributed by atoms with E-state index in [9.17, 15) is 18.0 Å². The second-order valence-electron chi connectivity index (χ2n) is 4.58. The van der Waals surface area contributed by atoms with Gasteiger partial charge in [-0.1, -0.05) is 49.6 Å². The van der Waals surface area contributed by atoms with E-state index in [-0.39, 0.29) is 5.56 Å². The van der Waals surface area contributed by atoms with E-state index in [1.807, 2.05) is 0 Å². The molecule has 2 rings (SSSR count). The van der Waals surface area contributed by atoms with E-state index in [0.717, 1.165) is 0 Å². The van der Waals surface area contributed by atoms with Gasteiger partial charge in [0.15, 0.2) is 6.61 Å². The summed E-state index contributed by atoms with van der Waals surface area (Å²) in [6, 6.07) is 8.67. The lowest BCUT2D eigenvalue weighted by Crippen LogP contribution is -2.21. The number of alkyl halides is 3. The predicted octanol–water partition coefficient (Wildman–Crippen LogP) is 4.84. The van der Waals surface area contributed by atoms with Crippen LogP contribution in [0.3, 0.4) is 0 Å². The average molecular weight is 306 g/mol. The maximum atomic E-state index is 12.3. The van der Waals surface area contributed by atoms with Crippen LogP contribution in [-0.2, 0) is 4.74 Å². The second-order valence-corrected chi connectivity index (χ2v) is 4.58. The minimum absolute atomic E-state index is 0.0623. The number of ether oxygens (including phenoxy) is 1. The van der Waals surface area contributed by atoms with Crippen molar-refractivity contribution in [2.45, 2.75) is 6.18 Å². The van der Waals surface area contributed by atoms with Crippen LogP contribution in [0.1, 0.15) is 21.5 Å². The van der Waals surface area contributed by atoms with Crippen LogP contribution in [0.25, 0.3) is 22.9 Å². The van der Waals surface area contributed by atoms with Gasteiger partial charge in [0, 0.05) is 0 Å². The molecule has 0 N–H and O–H groups in total. The zero-order valence-electron chi connectivity index (χ0n) is 11.6. The zero-order valence-corrected chi connectivity index (χ0v) is 11.6. The Bertz CT molecular complexity index is 745. The number of rotatable bonds is 4. The van der Waals surface area contributed by atoms with Crippen molar-refractivity contribution in [2.24, 2.45) is 0 Å². The Balaban J connectivity index is 2.61. The normalized spacial score (nSPS) is 11.2. The predicted molar refractivity (Wildman–Crippen MR) is 80.5 cm³/mol. The molecule has 0 aliphatic carbocycles. The molecule has 2 aromatic rings. The lowest BCUT2D eigenvalue weighted by atomic mass is 9.94. The first-order chi connectivity index (χ1) is 10.4. The Kier molecular flexibility index (Phi) is 4.35. The van der Waals surface area contributed by atoms with Crippen LogP contribution in [0.2, 0.25) is 0 Å². The molecule has 0 aliphatic rings. The topological polar surface area (TPSA) is 26.3 Å². The molecule has 0 aliphatic heterocycles. The number of hydrogen-bond acceptors (Lipinski definition) is 2. The Hall–Kier alpha value is -2.56. The molecule has 0 atom stereocenters. The van der Waals surface area contributed by atoms with Crippen molar-refractivity contribution in [3.63, 3.8) is 0 Å². The summed E-state index contributed by atoms with van der Waals surface area (Å²) in [5.74, 6) is -1.04. The fourth-order valence-electron chi connectivity index (χ4n) is 2.21. The van der Waals surface area contributed by atoms with Crippen LogP contribution in [0, 0.1) is 0 Å². The fraction of sp³-hybridized carbons (Fsp3) is 0.118. The quantitative estimate of drug-likeness (QED) is 0.755. The number of carbonyl (C=O) groups is 1. The smallest absolute Gasteiger partial charge is 0.422 e. The number of carbonyl (C=O) groups excluding carboxylic acids is 1. The third-order valence-corrected chi connectivity index (χ3v) is 3.12. The van der Waals surface area contributed by atoms with E-state index in [1.165, 1.54) is 12.2 Å². The maximum absolute atomic E-state index is 12.3. The maximum Gasteiger partial charge on any atom is 0.422 e. The highest BCUT2D eigenvalue weighted by atomic mass is 19.4. The van der Waals surface area contributed by atoms with Crippen LogP contribution in [0.5, 0.6) is 0 Å². The molecule has 0 saturated heterocycles. The van der Waals surface area contributed by atoms with E-state index in [2.05, 4.69) is 17.9 Å². The van der Waals surface area contributed by atoms with Crippen LogP contribution in [0.15, 0.2) is 43.5 Å². The van der Waals surface area contributed by atoms with Gasteiger partial charge < -0.3 is 4.74 Å². The molecule has 0 spiro atoms. The number of hydrogen-bond donors (Lipinski definition) is 0. The fourth-order valence-corrected chi connectivity index (χ4v) is 2.21. The highest BCUT2D eigenvalue weighted by Gasteiger charge is 2.30. The summed E-state index contributed by atoms with van der Waals surface area (Å²) >= 11 is 0. The Labute approximate surface area is 125 Å². The first-order valence-corrected chi connectivity index (χ1v) is 6.42. The van der Waals surface area contributed by atoms with Gasteiger partial charge in [-0.15, -0.1) is 0 Å². The lowest BCUT2D eigenvalue weighted by molar-refractivity contribution is -0.161. The monoisotopic (exact) mass is 306 g/mol. The van der Waals surface area contributed by atoms with Gasteiger partial charge in [-0.2, -0.15) is 13.2 Å². The van der Waals surface area contributed by atoms with Crippen LogP contribution in [-0.4, -0.2) is 18.8 Å². The van der Waals surface area contributed by atoms with Crippen molar-refractivity contribution >= 4 is 28.9 Å². The summed E-state index contributed by atoms with van der Waals surface area (Å²) in [6.07, 6.45) is -1.65. The molecule has 2 nitrogen and oxygen atoms in total. The van der Waals surface area contributed by atoms with Gasteiger partial charge in [-0.25, -0.2) is 4.79 Å². The van der Waals surface area contributed by atoms with Gasteiger partial charge in [0.25, 0.3) is 0 Å². The molecule has 0 unspecified atom stereocenters. The molecule has 0 radical (unpaired) electrons. The third-order valence-electron chi connectivity index (χ3n) is 3.12. The first-order valence-electron chi connectivity index (χ1n) is 6.42. The molecular weight excluding hydrogens is 293 g/mol. The minimum atomic E-state index is -4.57. The average Bonchev–Trinajstić information content (AvgIpc) is 2.49. The lowest BCUT2D eigenvalue weighted by Gasteiger charge is -2.14. The van der Waals surface area contributed by atoms with Crippen LogP contribution < -0.4 is 0 Å².